The largest absolute Gasteiger partial charge is 0.490 e. The average molecular weight is 364 g/mol. The zero-order valence-corrected chi connectivity index (χ0v) is 16.0. The summed E-state index contributed by atoms with van der Waals surface area (Å²) in [5.41, 5.74) is 4.44. The van der Waals surface area contributed by atoms with Gasteiger partial charge in [0.2, 0.25) is 0 Å². The molecular weight excluding hydrogens is 332 g/mol. The zero-order valence-electron chi connectivity index (χ0n) is 16.0. The lowest BCUT2D eigenvalue weighted by Crippen LogP contribution is -2.56. The maximum Gasteiger partial charge on any atom is 0.337 e. The van der Waals surface area contributed by atoms with Gasteiger partial charge in [0.05, 0.1) is 6.10 Å². The number of carboxylic acid groups (broad SMARTS) is 1. The molecule has 1 aromatic rings. The van der Waals surface area contributed by atoms with Gasteiger partial charge in [-0.1, -0.05) is 20.8 Å². The number of carbonyl (C=O) groups is 1. The van der Waals surface area contributed by atoms with E-state index in [0.717, 1.165) is 31.6 Å². The number of hydrogen-bond donors (Lipinski definition) is 3. The van der Waals surface area contributed by atoms with Crippen LogP contribution in [0.4, 0.5) is 0 Å². The van der Waals surface area contributed by atoms with E-state index in [1.54, 1.807) is 18.3 Å². The summed E-state index contributed by atoms with van der Waals surface area (Å²) in [6.07, 6.45) is 6.41. The SMILES string of the molecule is CC(C)CC(N)C(O)(Cc1cc(OC2CCC(C)CC2)ccn1)C(=O)O. The van der Waals surface area contributed by atoms with Gasteiger partial charge in [-0.3, -0.25) is 4.98 Å². The number of carboxylic acids is 1. The summed E-state index contributed by atoms with van der Waals surface area (Å²) >= 11 is 0. The van der Waals surface area contributed by atoms with Crippen molar-refractivity contribution in [2.75, 3.05) is 0 Å². The highest BCUT2D eigenvalue weighted by atomic mass is 16.5. The Labute approximate surface area is 155 Å². The minimum absolute atomic E-state index is 0.144. The van der Waals surface area contributed by atoms with E-state index in [4.69, 9.17) is 10.5 Å². The van der Waals surface area contributed by atoms with Gasteiger partial charge in [-0.15, -0.1) is 0 Å². The molecule has 2 rings (SSSR count). The van der Waals surface area contributed by atoms with Gasteiger partial charge < -0.3 is 20.7 Å². The molecule has 0 amide bonds. The second kappa shape index (κ2) is 8.82. The van der Waals surface area contributed by atoms with Crippen LogP contribution in [-0.4, -0.2) is 38.9 Å². The van der Waals surface area contributed by atoms with E-state index in [1.807, 2.05) is 13.8 Å². The van der Waals surface area contributed by atoms with Gasteiger partial charge in [0.15, 0.2) is 5.60 Å². The van der Waals surface area contributed by atoms with Gasteiger partial charge in [0, 0.05) is 30.4 Å². The first-order valence-electron chi connectivity index (χ1n) is 9.53. The van der Waals surface area contributed by atoms with Crippen LogP contribution in [0, 0.1) is 11.8 Å². The highest BCUT2D eigenvalue weighted by Crippen LogP contribution is 2.28. The van der Waals surface area contributed by atoms with Gasteiger partial charge >= 0.3 is 5.97 Å². The Hall–Kier alpha value is -1.66. The van der Waals surface area contributed by atoms with Crippen LogP contribution in [0.15, 0.2) is 18.3 Å². The van der Waals surface area contributed by atoms with E-state index in [1.165, 1.54) is 0 Å². The van der Waals surface area contributed by atoms with Crippen molar-refractivity contribution in [2.45, 2.75) is 77.0 Å². The number of nitrogens with two attached hydrogens (primary N) is 1. The van der Waals surface area contributed by atoms with Crippen LogP contribution < -0.4 is 10.5 Å². The fourth-order valence-corrected chi connectivity index (χ4v) is 3.51. The van der Waals surface area contributed by atoms with Crippen molar-refractivity contribution in [1.29, 1.82) is 0 Å². The molecule has 6 heteroatoms. The van der Waals surface area contributed by atoms with Crippen LogP contribution in [0.25, 0.3) is 0 Å². The smallest absolute Gasteiger partial charge is 0.337 e. The van der Waals surface area contributed by atoms with E-state index in [0.29, 0.717) is 17.9 Å². The molecule has 0 spiro atoms. The van der Waals surface area contributed by atoms with Crippen LogP contribution >= 0.6 is 0 Å². The molecule has 26 heavy (non-hydrogen) atoms. The molecule has 146 valence electrons. The molecule has 2 atom stereocenters. The third kappa shape index (κ3) is 5.42. The number of ether oxygens (including phenoxy) is 1. The molecule has 0 bridgehead atoms. The molecule has 0 aromatic carbocycles. The molecule has 6 nitrogen and oxygen atoms in total. The second-order valence-corrected chi connectivity index (χ2v) is 8.12. The lowest BCUT2D eigenvalue weighted by atomic mass is 9.84. The first-order valence-corrected chi connectivity index (χ1v) is 9.53. The third-order valence-electron chi connectivity index (χ3n) is 5.21. The molecule has 4 N–H and O–H groups in total. The third-order valence-corrected chi connectivity index (χ3v) is 5.21. The van der Waals surface area contributed by atoms with Crippen LogP contribution in [-0.2, 0) is 11.2 Å². The van der Waals surface area contributed by atoms with Gasteiger partial charge in [-0.05, 0) is 50.0 Å². The van der Waals surface area contributed by atoms with E-state index in [-0.39, 0.29) is 18.4 Å². The lowest BCUT2D eigenvalue weighted by molar-refractivity contribution is -0.161. The lowest BCUT2D eigenvalue weighted by Gasteiger charge is -2.31. The van der Waals surface area contributed by atoms with Crippen LogP contribution in [0.3, 0.4) is 0 Å². The zero-order chi connectivity index (χ0) is 19.3. The number of nitrogens with zero attached hydrogens (tertiary/aromatic N) is 1. The standard InChI is InChI=1S/C20H32N2O4/c1-13(2)10-18(21)20(25,19(23)24)12-15-11-17(8-9-22-15)26-16-6-4-14(3)5-7-16/h8-9,11,13-14,16,18,25H,4-7,10,12,21H2,1-3H3,(H,23,24). The number of aliphatic hydroxyl groups is 1. The first kappa shape index (κ1) is 20.6. The van der Waals surface area contributed by atoms with Gasteiger partial charge in [-0.2, -0.15) is 0 Å². The molecule has 0 radical (unpaired) electrons. The Kier molecular flexibility index (Phi) is 7.01. The molecule has 1 aromatic heterocycles. The maximum atomic E-state index is 11.7. The number of pyridine rings is 1. The molecule has 2 unspecified atom stereocenters. The van der Waals surface area contributed by atoms with Crippen molar-refractivity contribution < 1.29 is 19.7 Å². The normalized spacial score (nSPS) is 24.1. The molecule has 0 aliphatic heterocycles. The fourth-order valence-electron chi connectivity index (χ4n) is 3.51. The number of rotatable bonds is 8. The van der Waals surface area contributed by atoms with Gasteiger partial charge in [0.1, 0.15) is 5.75 Å². The molecule has 0 saturated heterocycles. The molecule has 1 aliphatic rings. The average Bonchev–Trinajstić information content (AvgIpc) is 2.56. The Bertz CT molecular complexity index is 599. The first-order chi connectivity index (χ1) is 12.2. The quantitative estimate of drug-likeness (QED) is 0.655. The van der Waals surface area contributed by atoms with E-state index >= 15 is 0 Å². The van der Waals surface area contributed by atoms with Crippen molar-refractivity contribution in [3.63, 3.8) is 0 Å². The Morgan fingerprint density at radius 2 is 2.04 bits per heavy atom. The molecular formula is C20H32N2O4. The number of aliphatic carboxylic acids is 1. The summed E-state index contributed by atoms with van der Waals surface area (Å²) in [5, 5.41) is 20.2. The van der Waals surface area contributed by atoms with Gasteiger partial charge in [0.25, 0.3) is 0 Å². The molecule has 1 saturated carbocycles. The Morgan fingerprint density at radius 3 is 2.62 bits per heavy atom. The summed E-state index contributed by atoms with van der Waals surface area (Å²) in [6, 6.07) is 2.62. The Morgan fingerprint density at radius 1 is 1.38 bits per heavy atom. The molecule has 1 heterocycles. The predicted octanol–water partition coefficient (Wildman–Crippen LogP) is 2.77. The van der Waals surface area contributed by atoms with Crippen molar-refractivity contribution in [2.24, 2.45) is 17.6 Å². The van der Waals surface area contributed by atoms with E-state index in [9.17, 15) is 15.0 Å². The van der Waals surface area contributed by atoms with Crippen molar-refractivity contribution >= 4 is 5.97 Å². The highest BCUT2D eigenvalue weighted by Gasteiger charge is 2.43. The van der Waals surface area contributed by atoms with Crippen LogP contribution in [0.2, 0.25) is 0 Å². The molecule has 1 aliphatic carbocycles. The van der Waals surface area contributed by atoms with Crippen molar-refractivity contribution in [1.82, 2.24) is 4.98 Å². The summed E-state index contributed by atoms with van der Waals surface area (Å²) in [5.74, 6) is 0.280. The minimum Gasteiger partial charge on any atom is -0.490 e. The van der Waals surface area contributed by atoms with Crippen molar-refractivity contribution in [3.05, 3.63) is 24.0 Å². The second-order valence-electron chi connectivity index (χ2n) is 8.12. The number of hydrogen-bond acceptors (Lipinski definition) is 5. The number of aromatic nitrogens is 1. The highest BCUT2D eigenvalue weighted by molar-refractivity contribution is 5.78. The monoisotopic (exact) mass is 364 g/mol. The molecule has 1 fully saturated rings. The maximum absolute atomic E-state index is 11.7. The Balaban J connectivity index is 2.08. The summed E-state index contributed by atoms with van der Waals surface area (Å²) in [6.45, 7) is 6.15. The topological polar surface area (TPSA) is 106 Å². The van der Waals surface area contributed by atoms with E-state index in [2.05, 4.69) is 11.9 Å². The summed E-state index contributed by atoms with van der Waals surface area (Å²) in [4.78, 5) is 15.9. The van der Waals surface area contributed by atoms with E-state index < -0.39 is 17.6 Å². The minimum atomic E-state index is -2.05. The van der Waals surface area contributed by atoms with Crippen molar-refractivity contribution in [3.8, 4) is 5.75 Å². The van der Waals surface area contributed by atoms with Crippen LogP contribution in [0.5, 0.6) is 5.75 Å². The van der Waals surface area contributed by atoms with Gasteiger partial charge in [-0.25, -0.2) is 4.79 Å². The van der Waals surface area contributed by atoms with Crippen LogP contribution in [0.1, 0.15) is 58.6 Å². The summed E-state index contributed by atoms with van der Waals surface area (Å²) < 4.78 is 6.04. The fraction of sp³-hybridized carbons (Fsp3) is 0.700. The summed E-state index contributed by atoms with van der Waals surface area (Å²) in [7, 11) is 0. The predicted molar refractivity (Wildman–Crippen MR) is 100 cm³/mol.